The Bertz CT molecular complexity index is 1010. The quantitative estimate of drug-likeness (QED) is 0.426. The largest absolute Gasteiger partial charge is 0.455 e. The Labute approximate surface area is 194 Å². The summed E-state index contributed by atoms with van der Waals surface area (Å²) in [4.78, 5) is 14.8. The smallest absolute Gasteiger partial charge is 0.287 e. The van der Waals surface area contributed by atoms with Gasteiger partial charge in [-0.2, -0.15) is 0 Å². The topological polar surface area (TPSA) is 45.5 Å². The van der Waals surface area contributed by atoms with Crippen LogP contribution in [0.2, 0.25) is 10.0 Å². The number of hydrogen-bond donors (Lipinski definition) is 1. The van der Waals surface area contributed by atoms with Crippen LogP contribution in [0.25, 0.3) is 0 Å². The standard InChI is InChI=1S/C25H28Cl2N2O2/c1-25(2,3)29(16-18-7-5-4-6-8-18)17-21-11-12-23(31-21)24(30)28-14-13-19-9-10-20(26)15-22(19)27/h4-12,15H,13-14,16-17H2,1-3H3,(H,28,30). The molecule has 0 radical (unpaired) electrons. The Morgan fingerprint density at radius 1 is 1.00 bits per heavy atom. The first kappa shape index (κ1) is 23.4. The molecule has 0 saturated heterocycles. The third-order valence-corrected chi connectivity index (χ3v) is 5.68. The van der Waals surface area contributed by atoms with Crippen molar-refractivity contribution in [3.8, 4) is 0 Å². The molecule has 0 aliphatic rings. The number of nitrogens with one attached hydrogen (secondary N) is 1. The zero-order chi connectivity index (χ0) is 22.4. The van der Waals surface area contributed by atoms with Crippen LogP contribution in [-0.4, -0.2) is 22.9 Å². The summed E-state index contributed by atoms with van der Waals surface area (Å²) in [5.41, 5.74) is 2.12. The molecule has 1 amide bonds. The van der Waals surface area contributed by atoms with Crippen LogP contribution in [-0.2, 0) is 19.5 Å². The molecule has 0 aliphatic heterocycles. The number of hydrogen-bond acceptors (Lipinski definition) is 3. The number of carbonyl (C=O) groups is 1. The van der Waals surface area contributed by atoms with Gasteiger partial charge in [0.25, 0.3) is 5.91 Å². The van der Waals surface area contributed by atoms with Gasteiger partial charge in [0.2, 0.25) is 0 Å². The monoisotopic (exact) mass is 458 g/mol. The molecule has 0 saturated carbocycles. The number of benzene rings is 2. The molecule has 0 spiro atoms. The summed E-state index contributed by atoms with van der Waals surface area (Å²) in [7, 11) is 0. The van der Waals surface area contributed by atoms with Crippen LogP contribution < -0.4 is 5.32 Å². The van der Waals surface area contributed by atoms with Crippen molar-refractivity contribution in [2.24, 2.45) is 0 Å². The molecule has 2 aromatic carbocycles. The van der Waals surface area contributed by atoms with Crippen LogP contribution in [0.3, 0.4) is 0 Å². The normalized spacial score (nSPS) is 11.7. The van der Waals surface area contributed by atoms with Crippen molar-refractivity contribution in [1.29, 1.82) is 0 Å². The van der Waals surface area contributed by atoms with E-state index in [1.54, 1.807) is 18.2 Å². The van der Waals surface area contributed by atoms with Crippen molar-refractivity contribution in [2.45, 2.75) is 45.8 Å². The molecule has 1 aromatic heterocycles. The Morgan fingerprint density at radius 3 is 2.42 bits per heavy atom. The summed E-state index contributed by atoms with van der Waals surface area (Å²) in [5.74, 6) is 0.837. The molecule has 0 fully saturated rings. The molecule has 0 bridgehead atoms. The predicted molar refractivity (Wildman–Crippen MR) is 127 cm³/mol. The Balaban J connectivity index is 1.58. The first-order valence-electron chi connectivity index (χ1n) is 10.3. The summed E-state index contributed by atoms with van der Waals surface area (Å²) < 4.78 is 5.85. The van der Waals surface area contributed by atoms with Gasteiger partial charge in [0, 0.05) is 28.7 Å². The molecule has 3 rings (SSSR count). The van der Waals surface area contributed by atoms with Gasteiger partial charge in [0.15, 0.2) is 5.76 Å². The van der Waals surface area contributed by atoms with Gasteiger partial charge < -0.3 is 9.73 Å². The summed E-state index contributed by atoms with van der Waals surface area (Å²) in [6.07, 6.45) is 0.615. The van der Waals surface area contributed by atoms with Crippen LogP contribution in [0.5, 0.6) is 0 Å². The minimum absolute atomic E-state index is 0.0527. The van der Waals surface area contributed by atoms with Gasteiger partial charge in [-0.3, -0.25) is 9.69 Å². The highest BCUT2D eigenvalue weighted by atomic mass is 35.5. The van der Waals surface area contributed by atoms with E-state index < -0.39 is 0 Å². The Kier molecular flexibility index (Phi) is 7.82. The third-order valence-electron chi connectivity index (χ3n) is 5.09. The number of furan rings is 1. The van der Waals surface area contributed by atoms with Crippen molar-refractivity contribution in [3.63, 3.8) is 0 Å². The van der Waals surface area contributed by atoms with E-state index in [2.05, 4.69) is 43.1 Å². The highest BCUT2D eigenvalue weighted by Crippen LogP contribution is 2.23. The summed E-state index contributed by atoms with van der Waals surface area (Å²) >= 11 is 12.1. The van der Waals surface area contributed by atoms with E-state index in [1.165, 1.54) is 5.56 Å². The van der Waals surface area contributed by atoms with Gasteiger partial charge in [-0.05, 0) is 62.6 Å². The molecule has 0 aliphatic carbocycles. The number of nitrogens with zero attached hydrogens (tertiary/aromatic N) is 1. The maximum atomic E-state index is 12.5. The van der Waals surface area contributed by atoms with Crippen molar-refractivity contribution in [3.05, 3.63) is 93.4 Å². The van der Waals surface area contributed by atoms with Gasteiger partial charge in [-0.25, -0.2) is 0 Å². The van der Waals surface area contributed by atoms with E-state index in [-0.39, 0.29) is 11.4 Å². The molecule has 3 aromatic rings. The first-order valence-corrected chi connectivity index (χ1v) is 11.1. The highest BCUT2D eigenvalue weighted by Gasteiger charge is 2.23. The maximum absolute atomic E-state index is 12.5. The molecule has 1 N–H and O–H groups in total. The van der Waals surface area contributed by atoms with E-state index >= 15 is 0 Å². The second kappa shape index (κ2) is 10.4. The van der Waals surface area contributed by atoms with Crippen LogP contribution in [0.4, 0.5) is 0 Å². The molecule has 0 atom stereocenters. The van der Waals surface area contributed by atoms with Gasteiger partial charge in [-0.1, -0.05) is 59.6 Å². The van der Waals surface area contributed by atoms with Gasteiger partial charge in [0.1, 0.15) is 5.76 Å². The van der Waals surface area contributed by atoms with Crippen LogP contribution >= 0.6 is 23.2 Å². The fraction of sp³-hybridized carbons (Fsp3) is 0.320. The molecule has 164 valence electrons. The number of amides is 1. The predicted octanol–water partition coefficient (Wildman–Crippen LogP) is 6.36. The lowest BCUT2D eigenvalue weighted by Crippen LogP contribution is -2.40. The Morgan fingerprint density at radius 2 is 1.74 bits per heavy atom. The fourth-order valence-electron chi connectivity index (χ4n) is 3.23. The molecule has 1 heterocycles. The van der Waals surface area contributed by atoms with Gasteiger partial charge in [0.05, 0.1) is 6.54 Å². The lowest BCUT2D eigenvalue weighted by Gasteiger charge is -2.35. The van der Waals surface area contributed by atoms with Gasteiger partial charge >= 0.3 is 0 Å². The first-order chi connectivity index (χ1) is 14.7. The van der Waals surface area contributed by atoms with Crippen LogP contribution in [0, 0.1) is 0 Å². The summed E-state index contributed by atoms with van der Waals surface area (Å²) in [6, 6.07) is 19.3. The summed E-state index contributed by atoms with van der Waals surface area (Å²) in [6.45, 7) is 8.40. The average molecular weight is 459 g/mol. The van der Waals surface area contributed by atoms with E-state index in [9.17, 15) is 4.79 Å². The molecular weight excluding hydrogens is 431 g/mol. The van der Waals surface area contributed by atoms with Crippen molar-refractivity contribution in [1.82, 2.24) is 10.2 Å². The summed E-state index contributed by atoms with van der Waals surface area (Å²) in [5, 5.41) is 4.08. The molecule has 4 nitrogen and oxygen atoms in total. The minimum atomic E-state index is -0.235. The van der Waals surface area contributed by atoms with Crippen molar-refractivity contribution < 1.29 is 9.21 Å². The second-order valence-electron chi connectivity index (χ2n) is 8.52. The Hall–Kier alpha value is -2.27. The van der Waals surface area contributed by atoms with Crippen molar-refractivity contribution in [2.75, 3.05) is 6.54 Å². The van der Waals surface area contributed by atoms with E-state index in [0.717, 1.165) is 17.9 Å². The van der Waals surface area contributed by atoms with E-state index in [0.29, 0.717) is 35.3 Å². The fourth-order valence-corrected chi connectivity index (χ4v) is 3.73. The molecule has 0 unspecified atom stereocenters. The minimum Gasteiger partial charge on any atom is -0.455 e. The molecule has 6 heteroatoms. The number of halogens is 2. The van der Waals surface area contributed by atoms with Crippen LogP contribution in [0.15, 0.2) is 65.1 Å². The third kappa shape index (κ3) is 6.86. The average Bonchev–Trinajstić information content (AvgIpc) is 3.18. The molecular formula is C25H28Cl2N2O2. The lowest BCUT2D eigenvalue weighted by molar-refractivity contribution is 0.0906. The molecule has 31 heavy (non-hydrogen) atoms. The number of rotatable bonds is 8. The number of carbonyl (C=O) groups excluding carboxylic acids is 1. The lowest BCUT2D eigenvalue weighted by atomic mass is 10.0. The zero-order valence-electron chi connectivity index (χ0n) is 18.1. The van der Waals surface area contributed by atoms with E-state index in [1.807, 2.05) is 30.3 Å². The highest BCUT2D eigenvalue weighted by molar-refractivity contribution is 6.35. The zero-order valence-corrected chi connectivity index (χ0v) is 19.6. The van der Waals surface area contributed by atoms with Crippen LogP contribution in [0.1, 0.15) is 48.2 Å². The van der Waals surface area contributed by atoms with Gasteiger partial charge in [-0.15, -0.1) is 0 Å². The second-order valence-corrected chi connectivity index (χ2v) is 9.36. The van der Waals surface area contributed by atoms with E-state index in [4.69, 9.17) is 27.6 Å². The maximum Gasteiger partial charge on any atom is 0.287 e. The SMILES string of the molecule is CC(C)(C)N(Cc1ccccc1)Cc1ccc(C(=O)NCCc2ccc(Cl)cc2Cl)o1. The van der Waals surface area contributed by atoms with Crippen molar-refractivity contribution >= 4 is 29.1 Å².